The quantitative estimate of drug-likeness (QED) is 0.738. The van der Waals surface area contributed by atoms with Gasteiger partial charge in [0, 0.05) is 10.4 Å². The van der Waals surface area contributed by atoms with Crippen molar-refractivity contribution in [1.82, 2.24) is 0 Å². The Morgan fingerprint density at radius 2 is 2.15 bits per heavy atom. The summed E-state index contributed by atoms with van der Waals surface area (Å²) in [6.45, 7) is 3.81. The van der Waals surface area contributed by atoms with Crippen molar-refractivity contribution in [3.8, 4) is 0 Å². The van der Waals surface area contributed by atoms with E-state index in [-0.39, 0.29) is 5.97 Å². The molecule has 0 saturated carbocycles. The number of carbonyl (C=O) groups is 1. The van der Waals surface area contributed by atoms with E-state index in [2.05, 4.69) is 4.74 Å². The smallest absolute Gasteiger partial charge is 0.348 e. The molecule has 13 heavy (non-hydrogen) atoms. The normalized spacial score (nSPS) is 11.4. The molecule has 0 atom stereocenters. The molecule has 0 bridgehead atoms. The summed E-state index contributed by atoms with van der Waals surface area (Å²) in [5, 5.41) is 0. The van der Waals surface area contributed by atoms with Gasteiger partial charge in [-0.2, -0.15) is 0 Å². The van der Waals surface area contributed by atoms with Gasteiger partial charge in [0.2, 0.25) is 0 Å². The van der Waals surface area contributed by atoms with Crippen LogP contribution < -0.4 is 5.73 Å². The molecule has 0 radical (unpaired) electrons. The first kappa shape index (κ1) is 10.2. The molecule has 1 aromatic rings. The van der Waals surface area contributed by atoms with Gasteiger partial charge in [0.15, 0.2) is 0 Å². The van der Waals surface area contributed by atoms with Crippen molar-refractivity contribution in [2.24, 2.45) is 5.73 Å². The average molecular weight is 199 g/mol. The fraction of sp³-hybridized carbons (Fsp3) is 0.444. The minimum atomic E-state index is -0.392. The summed E-state index contributed by atoms with van der Waals surface area (Å²) in [7, 11) is 1.37. The van der Waals surface area contributed by atoms with E-state index in [9.17, 15) is 4.79 Å². The van der Waals surface area contributed by atoms with Crippen LogP contribution in [0.25, 0.3) is 0 Å². The third-order valence-electron chi connectivity index (χ3n) is 1.63. The van der Waals surface area contributed by atoms with Gasteiger partial charge in [-0.3, -0.25) is 0 Å². The van der Waals surface area contributed by atoms with Crippen LogP contribution in [0.2, 0.25) is 0 Å². The Hall–Kier alpha value is -0.870. The number of ether oxygens (including phenoxy) is 1. The summed E-state index contributed by atoms with van der Waals surface area (Å²) >= 11 is 1.37. The minimum Gasteiger partial charge on any atom is -0.465 e. The van der Waals surface area contributed by atoms with Gasteiger partial charge in [0.25, 0.3) is 0 Å². The van der Waals surface area contributed by atoms with Crippen LogP contribution in [0, 0.1) is 0 Å². The molecule has 4 heteroatoms. The molecule has 0 aliphatic rings. The zero-order valence-corrected chi connectivity index (χ0v) is 8.77. The van der Waals surface area contributed by atoms with Crippen molar-refractivity contribution in [2.75, 3.05) is 7.11 Å². The molecule has 1 aromatic heterocycles. The molecule has 0 aliphatic carbocycles. The predicted molar refractivity (Wildman–Crippen MR) is 52.9 cm³/mol. The van der Waals surface area contributed by atoms with Gasteiger partial charge < -0.3 is 10.5 Å². The van der Waals surface area contributed by atoms with Gasteiger partial charge in [-0.25, -0.2) is 4.79 Å². The van der Waals surface area contributed by atoms with Crippen LogP contribution in [0.15, 0.2) is 12.1 Å². The Morgan fingerprint density at radius 3 is 2.54 bits per heavy atom. The molecule has 0 unspecified atom stereocenters. The number of thiophene rings is 1. The molecule has 0 fully saturated rings. The van der Waals surface area contributed by atoms with Gasteiger partial charge in [-0.1, -0.05) is 0 Å². The maximum Gasteiger partial charge on any atom is 0.348 e. The second kappa shape index (κ2) is 3.47. The van der Waals surface area contributed by atoms with Crippen molar-refractivity contribution in [3.05, 3.63) is 21.9 Å². The van der Waals surface area contributed by atoms with Crippen molar-refractivity contribution in [1.29, 1.82) is 0 Å². The zero-order valence-electron chi connectivity index (χ0n) is 7.96. The summed E-state index contributed by atoms with van der Waals surface area (Å²) in [5.41, 5.74) is 5.48. The first-order valence-electron chi connectivity index (χ1n) is 3.92. The largest absolute Gasteiger partial charge is 0.465 e. The topological polar surface area (TPSA) is 52.3 Å². The maximum absolute atomic E-state index is 11.1. The fourth-order valence-corrected chi connectivity index (χ4v) is 1.83. The molecule has 2 N–H and O–H groups in total. The van der Waals surface area contributed by atoms with Crippen LogP contribution in [0.1, 0.15) is 28.4 Å². The summed E-state index contributed by atoms with van der Waals surface area (Å²) in [4.78, 5) is 12.7. The van der Waals surface area contributed by atoms with Crippen molar-refractivity contribution >= 4 is 17.3 Å². The Labute approximate surface area is 81.5 Å². The summed E-state index contributed by atoms with van der Waals surface area (Å²) < 4.78 is 4.59. The number of methoxy groups -OCH3 is 1. The molecule has 0 aliphatic heterocycles. The number of hydrogen-bond donors (Lipinski definition) is 1. The van der Waals surface area contributed by atoms with Crippen LogP contribution in [0.5, 0.6) is 0 Å². The van der Waals surface area contributed by atoms with Crippen LogP contribution in [0.4, 0.5) is 0 Å². The Balaban J connectivity index is 2.93. The molecule has 1 heterocycles. The van der Waals surface area contributed by atoms with Crippen molar-refractivity contribution in [2.45, 2.75) is 19.4 Å². The zero-order chi connectivity index (χ0) is 10.1. The van der Waals surface area contributed by atoms with Crippen LogP contribution in [-0.2, 0) is 10.3 Å². The highest BCUT2D eigenvalue weighted by molar-refractivity contribution is 7.14. The molecule has 0 spiro atoms. The lowest BCUT2D eigenvalue weighted by molar-refractivity contribution is 0.0606. The molecular formula is C9H13NO2S. The van der Waals surface area contributed by atoms with E-state index in [1.165, 1.54) is 18.4 Å². The standard InChI is InChI=1S/C9H13NO2S/c1-9(2,10)7-5-4-6(13-7)8(11)12-3/h4-5H,10H2,1-3H3. The number of carbonyl (C=O) groups excluding carboxylic acids is 1. The average Bonchev–Trinajstić information content (AvgIpc) is 2.50. The van der Waals surface area contributed by atoms with E-state index >= 15 is 0 Å². The Bertz CT molecular complexity index is 312. The fourth-order valence-electron chi connectivity index (χ4n) is 0.894. The number of esters is 1. The minimum absolute atomic E-state index is 0.305. The molecule has 0 amide bonds. The Kier molecular flexibility index (Phi) is 2.73. The Morgan fingerprint density at radius 1 is 1.54 bits per heavy atom. The van der Waals surface area contributed by atoms with E-state index in [0.29, 0.717) is 4.88 Å². The summed E-state index contributed by atoms with van der Waals surface area (Å²) in [6.07, 6.45) is 0. The third-order valence-corrected chi connectivity index (χ3v) is 3.03. The van der Waals surface area contributed by atoms with Gasteiger partial charge in [0.1, 0.15) is 4.88 Å². The van der Waals surface area contributed by atoms with Gasteiger partial charge >= 0.3 is 5.97 Å². The molecule has 72 valence electrons. The molecule has 0 aromatic carbocycles. The third kappa shape index (κ3) is 2.29. The first-order chi connectivity index (χ1) is 5.95. The van der Waals surface area contributed by atoms with Gasteiger partial charge in [-0.05, 0) is 26.0 Å². The second-order valence-electron chi connectivity index (χ2n) is 3.38. The number of nitrogens with two attached hydrogens (primary N) is 1. The number of hydrogen-bond acceptors (Lipinski definition) is 4. The SMILES string of the molecule is COC(=O)c1ccc(C(C)(C)N)s1. The number of rotatable bonds is 2. The highest BCUT2D eigenvalue weighted by atomic mass is 32.1. The van der Waals surface area contributed by atoms with E-state index in [4.69, 9.17) is 5.73 Å². The summed E-state index contributed by atoms with van der Waals surface area (Å²) in [6, 6.07) is 3.59. The maximum atomic E-state index is 11.1. The first-order valence-corrected chi connectivity index (χ1v) is 4.74. The van der Waals surface area contributed by atoms with Crippen molar-refractivity contribution < 1.29 is 9.53 Å². The lowest BCUT2D eigenvalue weighted by Crippen LogP contribution is -2.27. The highest BCUT2D eigenvalue weighted by Crippen LogP contribution is 2.26. The molecule has 3 nitrogen and oxygen atoms in total. The van der Waals surface area contributed by atoms with Gasteiger partial charge in [0.05, 0.1) is 7.11 Å². The highest BCUT2D eigenvalue weighted by Gasteiger charge is 2.18. The van der Waals surface area contributed by atoms with Crippen molar-refractivity contribution in [3.63, 3.8) is 0 Å². The monoisotopic (exact) mass is 199 g/mol. The van der Waals surface area contributed by atoms with E-state index < -0.39 is 5.54 Å². The van der Waals surface area contributed by atoms with Gasteiger partial charge in [-0.15, -0.1) is 11.3 Å². The predicted octanol–water partition coefficient (Wildman–Crippen LogP) is 1.73. The lowest BCUT2D eigenvalue weighted by atomic mass is 10.1. The molecular weight excluding hydrogens is 186 g/mol. The lowest BCUT2D eigenvalue weighted by Gasteiger charge is -2.15. The molecule has 0 saturated heterocycles. The van der Waals surface area contributed by atoms with Crippen LogP contribution in [0.3, 0.4) is 0 Å². The van der Waals surface area contributed by atoms with Crippen LogP contribution >= 0.6 is 11.3 Å². The summed E-state index contributed by atoms with van der Waals surface area (Å²) in [5.74, 6) is -0.305. The van der Waals surface area contributed by atoms with E-state index in [1.807, 2.05) is 19.9 Å². The van der Waals surface area contributed by atoms with Crippen LogP contribution in [-0.4, -0.2) is 13.1 Å². The molecule has 1 rings (SSSR count). The van der Waals surface area contributed by atoms with E-state index in [1.54, 1.807) is 6.07 Å². The second-order valence-corrected chi connectivity index (χ2v) is 4.46. The van der Waals surface area contributed by atoms with E-state index in [0.717, 1.165) is 4.88 Å².